The zero-order chi connectivity index (χ0) is 17.0. The first-order chi connectivity index (χ1) is 10.9. The lowest BCUT2D eigenvalue weighted by Crippen LogP contribution is -1.98. The monoisotopic (exact) mass is 356 g/mol. The molecule has 2 aromatic carbocycles. The Morgan fingerprint density at radius 1 is 0.826 bits per heavy atom. The van der Waals surface area contributed by atoms with E-state index in [0.29, 0.717) is 21.2 Å². The van der Waals surface area contributed by atoms with Gasteiger partial charge >= 0.3 is 0 Å². The third kappa shape index (κ3) is 4.38. The van der Waals surface area contributed by atoms with Crippen LogP contribution in [0.2, 0.25) is 10.0 Å². The van der Waals surface area contributed by atoms with Gasteiger partial charge in [0.15, 0.2) is 0 Å². The van der Waals surface area contributed by atoms with Gasteiger partial charge < -0.3 is 4.74 Å². The molecule has 23 heavy (non-hydrogen) atoms. The number of nitro groups is 2. The molecule has 0 aliphatic carbocycles. The van der Waals surface area contributed by atoms with Gasteiger partial charge in [0.25, 0.3) is 11.4 Å². The Morgan fingerprint density at radius 2 is 1.22 bits per heavy atom. The van der Waals surface area contributed by atoms with Gasteiger partial charge in [0, 0.05) is 45.4 Å². The number of hydrogen-bond acceptors (Lipinski definition) is 5. The van der Waals surface area contributed by atoms with Crippen LogP contribution in [0.3, 0.4) is 0 Å². The van der Waals surface area contributed by atoms with Crippen molar-refractivity contribution in [1.82, 2.24) is 0 Å². The molecule has 0 amide bonds. The van der Waals surface area contributed by atoms with E-state index in [4.69, 9.17) is 27.9 Å². The van der Waals surface area contributed by atoms with Crippen LogP contribution in [0.15, 0.2) is 36.4 Å². The summed E-state index contributed by atoms with van der Waals surface area (Å²) in [6.07, 6.45) is 0. The molecule has 2 rings (SSSR count). The van der Waals surface area contributed by atoms with Crippen molar-refractivity contribution in [2.45, 2.75) is 13.2 Å². The van der Waals surface area contributed by atoms with Gasteiger partial charge in [-0.15, -0.1) is 0 Å². The lowest BCUT2D eigenvalue weighted by atomic mass is 10.2. The van der Waals surface area contributed by atoms with Crippen molar-refractivity contribution >= 4 is 34.6 Å². The van der Waals surface area contributed by atoms with Crippen LogP contribution in [0.4, 0.5) is 11.4 Å². The number of benzene rings is 2. The quantitative estimate of drug-likeness (QED) is 0.559. The largest absolute Gasteiger partial charge is 0.372 e. The summed E-state index contributed by atoms with van der Waals surface area (Å²) in [7, 11) is 0. The van der Waals surface area contributed by atoms with Crippen LogP contribution >= 0.6 is 23.2 Å². The van der Waals surface area contributed by atoms with Crippen LogP contribution in [0.5, 0.6) is 0 Å². The van der Waals surface area contributed by atoms with E-state index >= 15 is 0 Å². The zero-order valence-electron chi connectivity index (χ0n) is 11.6. The van der Waals surface area contributed by atoms with Crippen molar-refractivity contribution < 1.29 is 14.6 Å². The van der Waals surface area contributed by atoms with E-state index < -0.39 is 9.85 Å². The highest BCUT2D eigenvalue weighted by molar-refractivity contribution is 6.31. The summed E-state index contributed by atoms with van der Waals surface area (Å²) in [5, 5.41) is 22.2. The van der Waals surface area contributed by atoms with Crippen LogP contribution in [-0.4, -0.2) is 9.85 Å². The molecule has 0 aromatic heterocycles. The van der Waals surface area contributed by atoms with Crippen LogP contribution in [0.1, 0.15) is 11.1 Å². The molecular weight excluding hydrogens is 347 g/mol. The maximum Gasteiger partial charge on any atom is 0.269 e. The fourth-order valence-corrected chi connectivity index (χ4v) is 2.19. The molecular formula is C14H10Cl2N2O5. The molecule has 0 saturated carbocycles. The molecule has 0 saturated heterocycles. The number of halogens is 2. The summed E-state index contributed by atoms with van der Waals surface area (Å²) >= 11 is 11.9. The SMILES string of the molecule is O=[N+]([O-])c1ccc(Cl)c(COCc2cc([N+](=O)[O-])ccc2Cl)c1. The normalized spacial score (nSPS) is 10.5. The van der Waals surface area contributed by atoms with Gasteiger partial charge in [-0.2, -0.15) is 0 Å². The molecule has 120 valence electrons. The second-order valence-electron chi connectivity index (χ2n) is 4.56. The van der Waals surface area contributed by atoms with Crippen LogP contribution in [0.25, 0.3) is 0 Å². The Bertz CT molecular complexity index is 703. The van der Waals surface area contributed by atoms with Crippen molar-refractivity contribution in [2.75, 3.05) is 0 Å². The average Bonchev–Trinajstić information content (AvgIpc) is 2.50. The summed E-state index contributed by atoms with van der Waals surface area (Å²) in [5.74, 6) is 0. The third-order valence-corrected chi connectivity index (χ3v) is 3.73. The van der Waals surface area contributed by atoms with E-state index in [1.165, 1.54) is 36.4 Å². The highest BCUT2D eigenvalue weighted by Crippen LogP contribution is 2.25. The van der Waals surface area contributed by atoms with Crippen molar-refractivity contribution in [3.63, 3.8) is 0 Å². The summed E-state index contributed by atoms with van der Waals surface area (Å²) in [6, 6.07) is 8.05. The van der Waals surface area contributed by atoms with Crippen LogP contribution in [-0.2, 0) is 18.0 Å². The number of non-ortho nitro benzene ring substituents is 2. The number of rotatable bonds is 6. The molecule has 7 nitrogen and oxygen atoms in total. The second kappa shape index (κ2) is 7.36. The molecule has 0 N–H and O–H groups in total. The minimum absolute atomic E-state index is 0.0134. The molecule has 0 heterocycles. The lowest BCUT2D eigenvalue weighted by molar-refractivity contribution is -0.385. The molecule has 0 atom stereocenters. The van der Waals surface area contributed by atoms with E-state index in [9.17, 15) is 20.2 Å². The maximum atomic E-state index is 10.7. The minimum atomic E-state index is -0.531. The number of nitrogens with zero attached hydrogens (tertiary/aromatic N) is 2. The van der Waals surface area contributed by atoms with E-state index in [0.717, 1.165) is 0 Å². The first kappa shape index (κ1) is 17.1. The Morgan fingerprint density at radius 3 is 1.57 bits per heavy atom. The van der Waals surface area contributed by atoms with E-state index in [2.05, 4.69) is 0 Å². The molecule has 0 fully saturated rings. The van der Waals surface area contributed by atoms with Gasteiger partial charge in [-0.3, -0.25) is 20.2 Å². The molecule has 0 spiro atoms. The molecule has 0 unspecified atom stereocenters. The van der Waals surface area contributed by atoms with Crippen LogP contribution in [0, 0.1) is 20.2 Å². The average molecular weight is 357 g/mol. The molecule has 0 aliphatic rings. The summed E-state index contributed by atoms with van der Waals surface area (Å²) in [6.45, 7) is 0.0269. The Hall–Kier alpha value is -2.22. The maximum absolute atomic E-state index is 10.7. The van der Waals surface area contributed by atoms with Crippen molar-refractivity contribution in [2.24, 2.45) is 0 Å². The van der Waals surface area contributed by atoms with Crippen molar-refractivity contribution in [3.8, 4) is 0 Å². The second-order valence-corrected chi connectivity index (χ2v) is 5.37. The van der Waals surface area contributed by atoms with Crippen LogP contribution < -0.4 is 0 Å². The fraction of sp³-hybridized carbons (Fsp3) is 0.143. The lowest BCUT2D eigenvalue weighted by Gasteiger charge is -2.08. The van der Waals surface area contributed by atoms with Gasteiger partial charge in [0.2, 0.25) is 0 Å². The number of hydrogen-bond donors (Lipinski definition) is 0. The Labute approximate surface area is 140 Å². The predicted octanol–water partition coefficient (Wildman–Crippen LogP) is 4.53. The minimum Gasteiger partial charge on any atom is -0.372 e. The van der Waals surface area contributed by atoms with Crippen molar-refractivity contribution in [3.05, 3.63) is 77.8 Å². The molecule has 0 aliphatic heterocycles. The number of nitro benzene ring substituents is 2. The van der Waals surface area contributed by atoms with E-state index in [1.807, 2.05) is 0 Å². The van der Waals surface area contributed by atoms with E-state index in [1.54, 1.807) is 0 Å². The van der Waals surface area contributed by atoms with Gasteiger partial charge in [-0.25, -0.2) is 0 Å². The predicted molar refractivity (Wildman–Crippen MR) is 84.7 cm³/mol. The van der Waals surface area contributed by atoms with Gasteiger partial charge in [-0.05, 0) is 12.1 Å². The fourth-order valence-electron chi connectivity index (χ4n) is 1.84. The van der Waals surface area contributed by atoms with Crippen molar-refractivity contribution in [1.29, 1.82) is 0 Å². The highest BCUT2D eigenvalue weighted by atomic mass is 35.5. The van der Waals surface area contributed by atoms with Gasteiger partial charge in [0.05, 0.1) is 23.1 Å². The summed E-state index contributed by atoms with van der Waals surface area (Å²) < 4.78 is 5.42. The third-order valence-electron chi connectivity index (χ3n) is 3.00. The summed E-state index contributed by atoms with van der Waals surface area (Å²) in [4.78, 5) is 20.4. The standard InChI is InChI=1S/C14H10Cl2N2O5/c15-13-3-1-11(17(19)20)5-9(13)7-23-8-10-6-12(18(21)22)2-4-14(10)16/h1-6H,7-8H2. The molecule has 9 heteroatoms. The zero-order valence-corrected chi connectivity index (χ0v) is 13.1. The number of ether oxygens (including phenoxy) is 1. The molecule has 0 radical (unpaired) electrons. The van der Waals surface area contributed by atoms with E-state index in [-0.39, 0.29) is 24.6 Å². The topological polar surface area (TPSA) is 95.5 Å². The van der Waals surface area contributed by atoms with Gasteiger partial charge in [0.1, 0.15) is 0 Å². The first-order valence-electron chi connectivity index (χ1n) is 6.32. The summed E-state index contributed by atoms with van der Waals surface area (Å²) in [5.41, 5.74) is 0.701. The smallest absolute Gasteiger partial charge is 0.269 e. The molecule has 0 bridgehead atoms. The Balaban J connectivity index is 2.08. The highest BCUT2D eigenvalue weighted by Gasteiger charge is 2.12. The Kier molecular flexibility index (Phi) is 5.49. The van der Waals surface area contributed by atoms with Gasteiger partial charge in [-0.1, -0.05) is 23.2 Å². The first-order valence-corrected chi connectivity index (χ1v) is 7.07. The molecule has 2 aromatic rings.